The van der Waals surface area contributed by atoms with Gasteiger partial charge in [0.2, 0.25) is 10.0 Å². The summed E-state index contributed by atoms with van der Waals surface area (Å²) in [7, 11) is -3.84. The van der Waals surface area contributed by atoms with E-state index in [0.29, 0.717) is 19.3 Å². The van der Waals surface area contributed by atoms with E-state index in [-0.39, 0.29) is 11.5 Å². The molecule has 2 aromatic carbocycles. The molecule has 1 aliphatic heterocycles. The zero-order valence-electron chi connectivity index (χ0n) is 16.1. The highest BCUT2D eigenvalue weighted by molar-refractivity contribution is 7.89. The molecule has 0 saturated carbocycles. The van der Waals surface area contributed by atoms with Crippen molar-refractivity contribution in [1.82, 2.24) is 4.31 Å². The monoisotopic (exact) mass is 399 g/mol. The summed E-state index contributed by atoms with van der Waals surface area (Å²) in [5.74, 6) is 0. The second-order valence-corrected chi connectivity index (χ2v) is 8.89. The van der Waals surface area contributed by atoms with Crippen LogP contribution in [0.3, 0.4) is 0 Å². The fourth-order valence-electron chi connectivity index (χ4n) is 3.34. The van der Waals surface area contributed by atoms with E-state index in [2.05, 4.69) is 0 Å². The first kappa shape index (κ1) is 20.5. The van der Waals surface area contributed by atoms with Crippen molar-refractivity contribution in [2.45, 2.75) is 43.9 Å². The molecule has 0 N–H and O–H groups in total. The van der Waals surface area contributed by atoms with Crippen molar-refractivity contribution in [2.24, 2.45) is 0 Å². The maximum atomic E-state index is 13.3. The Bertz CT molecular complexity index is 936. The zero-order valence-corrected chi connectivity index (χ0v) is 16.9. The van der Waals surface area contributed by atoms with Crippen LogP contribution in [0.15, 0.2) is 71.1 Å². The lowest BCUT2D eigenvalue weighted by Crippen LogP contribution is -2.52. The summed E-state index contributed by atoms with van der Waals surface area (Å²) in [6.45, 7) is 4.36. The van der Waals surface area contributed by atoms with Crippen molar-refractivity contribution in [1.29, 1.82) is 0 Å². The second-order valence-electron chi connectivity index (χ2n) is 7.05. The van der Waals surface area contributed by atoms with Gasteiger partial charge in [-0.05, 0) is 38.0 Å². The molecule has 0 aromatic heterocycles. The first-order valence-corrected chi connectivity index (χ1v) is 10.7. The van der Waals surface area contributed by atoms with E-state index in [0.717, 1.165) is 16.7 Å². The van der Waals surface area contributed by atoms with Gasteiger partial charge >= 0.3 is 0 Å². The molecular formula is C22H25NO4S. The number of carbonyl (C=O) groups excluding carboxylic acids is 1. The normalized spacial score (nSPS) is 20.6. The molecule has 5 nitrogen and oxygen atoms in total. The highest BCUT2D eigenvalue weighted by atomic mass is 32.2. The predicted octanol–water partition coefficient (Wildman–Crippen LogP) is 3.49. The Morgan fingerprint density at radius 1 is 1.07 bits per heavy atom. The quantitative estimate of drug-likeness (QED) is 0.528. The summed E-state index contributed by atoms with van der Waals surface area (Å²) in [6, 6.07) is 15.2. The van der Waals surface area contributed by atoms with Crippen LogP contribution >= 0.6 is 0 Å². The Hall–Kier alpha value is -2.28. The molecular weight excluding hydrogens is 374 g/mol. The number of aldehydes is 1. The van der Waals surface area contributed by atoms with Gasteiger partial charge in [-0.25, -0.2) is 8.42 Å². The minimum atomic E-state index is -3.84. The molecule has 1 aliphatic rings. The zero-order chi connectivity index (χ0) is 20.1. The van der Waals surface area contributed by atoms with Gasteiger partial charge in [-0.2, -0.15) is 4.31 Å². The van der Waals surface area contributed by atoms with Gasteiger partial charge in [0.15, 0.2) is 0 Å². The number of ether oxygens (including phenoxy) is 1. The fraction of sp³-hybridized carbons (Fsp3) is 0.318. The molecule has 0 saturated heterocycles. The van der Waals surface area contributed by atoms with Crippen LogP contribution in [0.1, 0.15) is 24.5 Å². The maximum absolute atomic E-state index is 13.3. The molecule has 2 aromatic rings. The highest BCUT2D eigenvalue weighted by Gasteiger charge is 2.40. The van der Waals surface area contributed by atoms with Crippen LogP contribution < -0.4 is 0 Å². The van der Waals surface area contributed by atoms with Gasteiger partial charge < -0.3 is 9.53 Å². The summed E-state index contributed by atoms with van der Waals surface area (Å²) in [4.78, 5) is 11.9. The van der Waals surface area contributed by atoms with Crippen LogP contribution in [-0.4, -0.2) is 37.7 Å². The third-order valence-electron chi connectivity index (χ3n) is 4.98. The summed E-state index contributed by atoms with van der Waals surface area (Å²) in [6.07, 6.45) is 3.01. The lowest BCUT2D eigenvalue weighted by molar-refractivity contribution is -0.111. The lowest BCUT2D eigenvalue weighted by Gasteiger charge is -2.38. The lowest BCUT2D eigenvalue weighted by atomic mass is 10.00. The Balaban J connectivity index is 1.86. The van der Waals surface area contributed by atoms with Gasteiger partial charge in [-0.1, -0.05) is 59.7 Å². The minimum Gasteiger partial charge on any atom is -0.375 e. The van der Waals surface area contributed by atoms with Crippen LogP contribution in [0, 0.1) is 6.92 Å². The Morgan fingerprint density at radius 3 is 2.39 bits per heavy atom. The number of benzene rings is 2. The molecule has 148 valence electrons. The number of aryl methyl sites for hydroxylation is 1. The van der Waals surface area contributed by atoms with E-state index < -0.39 is 22.1 Å². The molecule has 0 aliphatic carbocycles. The number of sulfonamides is 1. The number of carbonyl (C=O) groups is 1. The SMILES string of the molecule is CC1=CC[C@H](C=O)N(S(=O)(=O)c2ccc(C)cc2)[C@@H]1COCc1ccccc1. The molecule has 0 spiro atoms. The summed E-state index contributed by atoms with van der Waals surface area (Å²) < 4.78 is 33.8. The number of hydrogen-bond acceptors (Lipinski definition) is 4. The van der Waals surface area contributed by atoms with Crippen LogP contribution in [0.4, 0.5) is 0 Å². The average molecular weight is 400 g/mol. The third kappa shape index (κ3) is 4.41. The molecule has 0 radical (unpaired) electrons. The molecule has 3 rings (SSSR count). The Kier molecular flexibility index (Phi) is 6.44. The molecule has 0 amide bonds. The fourth-order valence-corrected chi connectivity index (χ4v) is 5.12. The third-order valence-corrected chi connectivity index (χ3v) is 6.93. The van der Waals surface area contributed by atoms with Crippen LogP contribution in [0.25, 0.3) is 0 Å². The van der Waals surface area contributed by atoms with Gasteiger partial charge in [-0.15, -0.1) is 0 Å². The largest absolute Gasteiger partial charge is 0.375 e. The van der Waals surface area contributed by atoms with E-state index in [1.807, 2.05) is 50.3 Å². The van der Waals surface area contributed by atoms with Gasteiger partial charge in [0.1, 0.15) is 6.29 Å². The van der Waals surface area contributed by atoms with Crippen molar-refractivity contribution in [2.75, 3.05) is 6.61 Å². The Labute approximate surface area is 166 Å². The first-order chi connectivity index (χ1) is 13.4. The molecule has 28 heavy (non-hydrogen) atoms. The maximum Gasteiger partial charge on any atom is 0.244 e. The van der Waals surface area contributed by atoms with E-state index in [9.17, 15) is 13.2 Å². The van der Waals surface area contributed by atoms with E-state index in [4.69, 9.17) is 4.74 Å². The number of nitrogens with zero attached hydrogens (tertiary/aromatic N) is 1. The number of rotatable bonds is 7. The molecule has 1 heterocycles. The molecule has 0 bridgehead atoms. The minimum absolute atomic E-state index is 0.187. The topological polar surface area (TPSA) is 63.7 Å². The summed E-state index contributed by atoms with van der Waals surface area (Å²) in [5, 5.41) is 0. The average Bonchev–Trinajstić information content (AvgIpc) is 2.70. The van der Waals surface area contributed by atoms with Crippen molar-refractivity contribution < 1.29 is 17.9 Å². The van der Waals surface area contributed by atoms with Crippen LogP contribution in [0.2, 0.25) is 0 Å². The summed E-state index contributed by atoms with van der Waals surface area (Å²) in [5.41, 5.74) is 2.88. The Morgan fingerprint density at radius 2 is 1.75 bits per heavy atom. The van der Waals surface area contributed by atoms with Gasteiger partial charge in [0.05, 0.1) is 30.2 Å². The van der Waals surface area contributed by atoms with Crippen LogP contribution in [-0.2, 0) is 26.2 Å². The van der Waals surface area contributed by atoms with E-state index >= 15 is 0 Å². The molecule has 0 fully saturated rings. The van der Waals surface area contributed by atoms with Crippen molar-refractivity contribution >= 4 is 16.3 Å². The van der Waals surface area contributed by atoms with Gasteiger partial charge in [0.25, 0.3) is 0 Å². The van der Waals surface area contributed by atoms with Gasteiger partial charge in [-0.3, -0.25) is 0 Å². The number of hydrogen-bond donors (Lipinski definition) is 0. The second kappa shape index (κ2) is 8.82. The van der Waals surface area contributed by atoms with Gasteiger partial charge in [0, 0.05) is 0 Å². The highest BCUT2D eigenvalue weighted by Crippen LogP contribution is 2.30. The van der Waals surface area contributed by atoms with Crippen molar-refractivity contribution in [3.8, 4) is 0 Å². The molecule has 0 unspecified atom stereocenters. The standard InChI is InChI=1S/C22H25NO4S/c1-17-8-12-21(13-9-17)28(25,26)23-20(14-24)11-10-18(2)22(23)16-27-15-19-6-4-3-5-7-19/h3-10,12-14,20,22H,11,15-16H2,1-2H3/t20-,22-/m1/s1. The van der Waals surface area contributed by atoms with Crippen molar-refractivity contribution in [3.05, 3.63) is 77.4 Å². The smallest absolute Gasteiger partial charge is 0.244 e. The van der Waals surface area contributed by atoms with E-state index in [1.54, 1.807) is 24.3 Å². The molecule has 6 heteroatoms. The van der Waals surface area contributed by atoms with E-state index in [1.165, 1.54) is 4.31 Å². The van der Waals surface area contributed by atoms with Crippen molar-refractivity contribution in [3.63, 3.8) is 0 Å². The summed E-state index contributed by atoms with van der Waals surface area (Å²) >= 11 is 0. The molecule has 2 atom stereocenters. The first-order valence-electron chi connectivity index (χ1n) is 9.27. The predicted molar refractivity (Wildman–Crippen MR) is 108 cm³/mol. The van der Waals surface area contributed by atoms with Crippen LogP contribution in [0.5, 0.6) is 0 Å².